The van der Waals surface area contributed by atoms with E-state index in [4.69, 9.17) is 9.26 Å². The maximum atomic E-state index is 15.4. The van der Waals surface area contributed by atoms with Gasteiger partial charge in [0.2, 0.25) is 5.85 Å². The van der Waals surface area contributed by atoms with Crippen LogP contribution in [-0.2, 0) is 20.9 Å². The van der Waals surface area contributed by atoms with Crippen molar-refractivity contribution in [3.8, 4) is 0 Å². The number of nitrogens with one attached hydrogen (secondary N) is 1. The van der Waals surface area contributed by atoms with Crippen molar-refractivity contribution in [3.63, 3.8) is 0 Å². The maximum absolute atomic E-state index is 15.4. The molecule has 13 heteroatoms. The van der Waals surface area contributed by atoms with Crippen LogP contribution in [0.1, 0.15) is 58.1 Å². The molecule has 1 saturated heterocycles. The number of rotatable bonds is 9. The Morgan fingerprint density at radius 2 is 1.81 bits per heavy atom. The summed E-state index contributed by atoms with van der Waals surface area (Å²) in [5.74, 6) is -2.78. The van der Waals surface area contributed by atoms with Crippen LogP contribution in [0.15, 0.2) is 15.8 Å². The van der Waals surface area contributed by atoms with Crippen molar-refractivity contribution in [2.24, 2.45) is 7.05 Å². The molecule has 0 bridgehead atoms. The van der Waals surface area contributed by atoms with Crippen LogP contribution < -0.4 is 11.2 Å². The second-order valence-corrected chi connectivity index (χ2v) is 9.83. The quantitative estimate of drug-likeness (QED) is 0.322. The van der Waals surface area contributed by atoms with Gasteiger partial charge in [0.25, 0.3) is 5.56 Å². The van der Waals surface area contributed by atoms with Crippen LogP contribution in [0.25, 0.3) is 0 Å². The number of nitrogens with zero attached hydrogens (tertiary/aromatic N) is 1. The minimum absolute atomic E-state index is 0.155. The molecule has 1 aliphatic rings. The second kappa shape index (κ2) is 9.22. The summed E-state index contributed by atoms with van der Waals surface area (Å²) < 4.78 is 39.5. The first-order valence-corrected chi connectivity index (χ1v) is 11.6. The number of aliphatic hydroxyl groups excluding tert-OH is 2. The SMILES string of the molecule is CCC(F)(C[C@H]1O[C@@H](c2cn(C)c(=O)[nH]c2=O)[C@H](O)[C@@H]1O)OP(=O)(O)C(O)(CC)CC. The smallest absolute Gasteiger partial charge is 0.362 e. The van der Waals surface area contributed by atoms with Gasteiger partial charge in [-0.05, 0) is 12.8 Å². The lowest BCUT2D eigenvalue weighted by molar-refractivity contribution is -0.129. The van der Waals surface area contributed by atoms with Gasteiger partial charge in [0, 0.05) is 26.1 Å². The molecule has 1 aromatic heterocycles. The molecule has 2 unspecified atom stereocenters. The number of H-pyrrole nitrogens is 1. The highest BCUT2D eigenvalue weighted by atomic mass is 31.2. The van der Waals surface area contributed by atoms with E-state index in [-0.39, 0.29) is 18.4 Å². The standard InChI is InChI=1S/C18H30FN2O9P/c1-5-17(19,30-31(27,28)18(26,6-2)7-3)8-11-12(22)13(23)14(29-11)10-9-21(4)16(25)20-15(10)24/h9,11-14,22-23,26H,5-8H2,1-4H3,(H,27,28)(H,20,24,25)/t11-,12-,13-,14+,17?/m1/s1. The van der Waals surface area contributed by atoms with Gasteiger partial charge in [-0.1, -0.05) is 20.8 Å². The Labute approximate surface area is 178 Å². The van der Waals surface area contributed by atoms with Crippen LogP contribution in [0.4, 0.5) is 4.39 Å². The van der Waals surface area contributed by atoms with Gasteiger partial charge in [0.15, 0.2) is 5.34 Å². The lowest BCUT2D eigenvalue weighted by Gasteiger charge is -2.36. The summed E-state index contributed by atoms with van der Waals surface area (Å²) in [6.45, 7) is 4.25. The summed E-state index contributed by atoms with van der Waals surface area (Å²) >= 11 is 0. The van der Waals surface area contributed by atoms with E-state index in [1.807, 2.05) is 4.98 Å². The fourth-order valence-corrected chi connectivity index (χ4v) is 5.08. The van der Waals surface area contributed by atoms with E-state index in [0.717, 1.165) is 10.8 Å². The van der Waals surface area contributed by atoms with E-state index < -0.39 is 67.3 Å². The Balaban J connectivity index is 2.28. The lowest BCUT2D eigenvalue weighted by atomic mass is 9.99. The maximum Gasteiger partial charge on any atom is 0.362 e. The minimum Gasteiger partial charge on any atom is -0.388 e. The zero-order chi connectivity index (χ0) is 23.8. The van der Waals surface area contributed by atoms with Crippen molar-refractivity contribution in [2.45, 2.75) is 82.1 Å². The monoisotopic (exact) mass is 468 g/mol. The fourth-order valence-electron chi connectivity index (χ4n) is 3.46. The first-order valence-electron chi connectivity index (χ1n) is 10.0. The van der Waals surface area contributed by atoms with Gasteiger partial charge in [-0.3, -0.25) is 18.9 Å². The zero-order valence-corrected chi connectivity index (χ0v) is 18.7. The van der Waals surface area contributed by atoms with Crippen molar-refractivity contribution < 1.29 is 38.4 Å². The predicted molar refractivity (Wildman–Crippen MR) is 107 cm³/mol. The summed E-state index contributed by atoms with van der Waals surface area (Å²) in [6, 6.07) is 0. The molecule has 0 spiro atoms. The van der Waals surface area contributed by atoms with Crippen LogP contribution in [0.2, 0.25) is 0 Å². The van der Waals surface area contributed by atoms with E-state index in [9.17, 15) is 34.4 Å². The lowest BCUT2D eigenvalue weighted by Crippen LogP contribution is -2.39. The Kier molecular flexibility index (Phi) is 7.69. The number of aromatic amines is 1. The molecule has 1 aromatic rings. The van der Waals surface area contributed by atoms with Gasteiger partial charge >= 0.3 is 13.3 Å². The molecule has 0 amide bonds. The largest absolute Gasteiger partial charge is 0.388 e. The Bertz CT molecular complexity index is 947. The van der Waals surface area contributed by atoms with Crippen LogP contribution in [0, 0.1) is 0 Å². The van der Waals surface area contributed by atoms with Crippen LogP contribution >= 0.6 is 7.60 Å². The number of halogens is 1. The van der Waals surface area contributed by atoms with Crippen LogP contribution in [0.3, 0.4) is 0 Å². The van der Waals surface area contributed by atoms with Crippen LogP contribution in [0.5, 0.6) is 0 Å². The summed E-state index contributed by atoms with van der Waals surface area (Å²) in [6.07, 6.45) is -6.42. The zero-order valence-electron chi connectivity index (χ0n) is 17.8. The summed E-state index contributed by atoms with van der Waals surface area (Å²) in [5.41, 5.74) is -1.69. The molecular formula is C18H30FN2O9P. The molecule has 2 rings (SSSR count). The molecule has 11 nitrogen and oxygen atoms in total. The van der Waals surface area contributed by atoms with E-state index in [0.29, 0.717) is 0 Å². The van der Waals surface area contributed by atoms with Crippen molar-refractivity contribution >= 4 is 7.60 Å². The van der Waals surface area contributed by atoms with Crippen molar-refractivity contribution in [1.82, 2.24) is 9.55 Å². The number of hydrogen-bond acceptors (Lipinski definition) is 8. The second-order valence-electron chi connectivity index (χ2n) is 7.77. The molecule has 31 heavy (non-hydrogen) atoms. The Morgan fingerprint density at radius 1 is 1.23 bits per heavy atom. The molecule has 1 fully saturated rings. The van der Waals surface area contributed by atoms with Gasteiger partial charge < -0.3 is 29.5 Å². The van der Waals surface area contributed by atoms with E-state index in [1.54, 1.807) is 0 Å². The molecule has 0 saturated carbocycles. The fraction of sp³-hybridized carbons (Fsp3) is 0.778. The molecule has 2 heterocycles. The third-order valence-corrected chi connectivity index (χ3v) is 8.04. The van der Waals surface area contributed by atoms with Gasteiger partial charge in [0.1, 0.15) is 18.3 Å². The van der Waals surface area contributed by atoms with Gasteiger partial charge in [-0.15, -0.1) is 0 Å². The number of aryl methyl sites for hydroxylation is 1. The van der Waals surface area contributed by atoms with Crippen molar-refractivity contribution in [2.75, 3.05) is 0 Å². The average Bonchev–Trinajstić information content (AvgIpc) is 2.97. The van der Waals surface area contributed by atoms with Crippen molar-refractivity contribution in [3.05, 3.63) is 32.6 Å². The highest BCUT2D eigenvalue weighted by molar-refractivity contribution is 7.54. The highest BCUT2D eigenvalue weighted by Crippen LogP contribution is 2.61. The molecule has 6 atom stereocenters. The molecular weight excluding hydrogens is 438 g/mol. The van der Waals surface area contributed by atoms with Crippen LogP contribution in [-0.4, -0.2) is 59.3 Å². The van der Waals surface area contributed by atoms with Gasteiger partial charge in [-0.25, -0.2) is 9.18 Å². The first-order chi connectivity index (χ1) is 14.2. The van der Waals surface area contributed by atoms with Crippen molar-refractivity contribution in [1.29, 1.82) is 0 Å². The molecule has 0 aromatic carbocycles. The number of hydrogen-bond donors (Lipinski definition) is 5. The number of aromatic nitrogens is 2. The third kappa shape index (κ3) is 5.00. The molecule has 5 N–H and O–H groups in total. The summed E-state index contributed by atoms with van der Waals surface area (Å²) in [4.78, 5) is 35.9. The first kappa shape index (κ1) is 25.9. The Morgan fingerprint density at radius 3 is 2.32 bits per heavy atom. The van der Waals surface area contributed by atoms with E-state index >= 15 is 4.39 Å². The normalized spacial score (nSPS) is 28.3. The third-order valence-electron chi connectivity index (χ3n) is 5.78. The number of ether oxygens (including phenoxy) is 1. The predicted octanol–water partition coefficient (Wildman–Crippen LogP) is 0.412. The topological polar surface area (TPSA) is 171 Å². The molecule has 0 radical (unpaired) electrons. The number of aliphatic hydroxyl groups is 3. The summed E-state index contributed by atoms with van der Waals surface area (Å²) in [7, 11) is -3.49. The van der Waals surface area contributed by atoms with E-state index in [2.05, 4.69) is 0 Å². The number of alkyl halides is 1. The summed E-state index contributed by atoms with van der Waals surface area (Å²) in [5, 5.41) is 28.9. The van der Waals surface area contributed by atoms with Gasteiger partial charge in [0.05, 0.1) is 11.7 Å². The molecule has 178 valence electrons. The average molecular weight is 468 g/mol. The minimum atomic E-state index is -4.85. The molecule has 1 aliphatic heterocycles. The highest BCUT2D eigenvalue weighted by Gasteiger charge is 2.53. The molecule has 0 aliphatic carbocycles. The Hall–Kier alpha value is -1.40. The van der Waals surface area contributed by atoms with E-state index in [1.165, 1.54) is 27.8 Å². The van der Waals surface area contributed by atoms with Gasteiger partial charge in [-0.2, -0.15) is 0 Å².